The number of esters is 1. The smallest absolute Gasteiger partial charge is 0.339 e. The lowest BCUT2D eigenvalue weighted by molar-refractivity contribution is 0.0526. The maximum absolute atomic E-state index is 13.2. The van der Waals surface area contributed by atoms with E-state index in [-0.39, 0.29) is 11.8 Å². The van der Waals surface area contributed by atoms with Gasteiger partial charge in [0.2, 0.25) is 0 Å². The van der Waals surface area contributed by atoms with Crippen molar-refractivity contribution in [3.8, 4) is 5.75 Å². The van der Waals surface area contributed by atoms with Crippen molar-refractivity contribution in [1.29, 1.82) is 0 Å². The predicted octanol–water partition coefficient (Wildman–Crippen LogP) is 6.83. The van der Waals surface area contributed by atoms with Crippen LogP contribution in [-0.4, -0.2) is 17.6 Å². The normalized spacial score (nSPS) is 13.3. The molecule has 3 aromatic rings. The molecule has 0 amide bonds. The Morgan fingerprint density at radius 1 is 1.06 bits per heavy atom. The average molecular weight is 496 g/mol. The molecule has 0 saturated heterocycles. The molecule has 0 unspecified atom stereocenters. The van der Waals surface area contributed by atoms with Gasteiger partial charge >= 0.3 is 5.97 Å². The molecule has 164 valence electrons. The summed E-state index contributed by atoms with van der Waals surface area (Å²) in [4.78, 5) is 16.5. The first-order valence-corrected chi connectivity index (χ1v) is 11.4. The molecule has 0 bridgehead atoms. The summed E-state index contributed by atoms with van der Waals surface area (Å²) in [6.07, 6.45) is 6.14. The summed E-state index contributed by atoms with van der Waals surface area (Å²) in [5.74, 6) is 0.131. The highest BCUT2D eigenvalue weighted by molar-refractivity contribution is 9.10. The van der Waals surface area contributed by atoms with E-state index in [2.05, 4.69) is 27.0 Å². The number of carbonyl (C=O) groups is 1. The number of hydrogen-bond donors (Lipinski definition) is 0. The fraction of sp³-hybridized carbons (Fsp3) is 0.231. The summed E-state index contributed by atoms with van der Waals surface area (Å²) < 4.78 is 25.4. The van der Waals surface area contributed by atoms with Crippen molar-refractivity contribution in [2.45, 2.75) is 32.8 Å². The molecule has 1 aromatic heterocycles. The van der Waals surface area contributed by atoms with Gasteiger partial charge in [0.05, 0.1) is 12.2 Å². The molecule has 0 N–H and O–H groups in total. The quantitative estimate of drug-likeness (QED) is 0.337. The lowest BCUT2D eigenvalue weighted by Gasteiger charge is -2.15. The number of rotatable bonds is 7. The predicted molar refractivity (Wildman–Crippen MR) is 126 cm³/mol. The minimum absolute atomic E-state index is 0.266. The number of nitrogens with zero attached hydrogens (tertiary/aromatic N) is 1. The van der Waals surface area contributed by atoms with Gasteiger partial charge in [0.25, 0.3) is 0 Å². The molecule has 2 aromatic carbocycles. The molecular weight excluding hydrogens is 473 g/mol. The van der Waals surface area contributed by atoms with Gasteiger partial charge in [0.1, 0.15) is 18.2 Å². The highest BCUT2D eigenvalue weighted by Gasteiger charge is 2.22. The second-order valence-electron chi connectivity index (χ2n) is 7.55. The van der Waals surface area contributed by atoms with Crippen molar-refractivity contribution < 1.29 is 18.7 Å². The number of allylic oxidation sites excluding steroid dienone is 2. The fourth-order valence-corrected chi connectivity index (χ4v) is 4.26. The number of hydrogen-bond acceptors (Lipinski definition) is 4. The van der Waals surface area contributed by atoms with Crippen LogP contribution in [0, 0.1) is 5.82 Å². The van der Waals surface area contributed by atoms with Crippen LogP contribution in [0.3, 0.4) is 0 Å². The van der Waals surface area contributed by atoms with Gasteiger partial charge in [0.15, 0.2) is 0 Å². The third-order valence-electron chi connectivity index (χ3n) is 5.39. The van der Waals surface area contributed by atoms with Gasteiger partial charge < -0.3 is 9.47 Å². The lowest BCUT2D eigenvalue weighted by atomic mass is 9.96. The maximum Gasteiger partial charge on any atom is 0.339 e. The Labute approximate surface area is 195 Å². The number of benzene rings is 2. The van der Waals surface area contributed by atoms with E-state index in [4.69, 9.17) is 9.47 Å². The summed E-state index contributed by atoms with van der Waals surface area (Å²) in [6.45, 7) is 2.45. The fourth-order valence-electron chi connectivity index (χ4n) is 3.90. The zero-order valence-electron chi connectivity index (χ0n) is 17.7. The maximum atomic E-state index is 13.2. The summed E-state index contributed by atoms with van der Waals surface area (Å²) in [5.41, 5.74) is 5.62. The summed E-state index contributed by atoms with van der Waals surface area (Å²) in [6, 6.07) is 14.1. The van der Waals surface area contributed by atoms with Crippen LogP contribution >= 0.6 is 15.9 Å². The topological polar surface area (TPSA) is 48.4 Å². The molecule has 1 aliphatic rings. The van der Waals surface area contributed by atoms with E-state index in [0.717, 1.165) is 51.7 Å². The number of pyridine rings is 1. The Morgan fingerprint density at radius 3 is 2.62 bits per heavy atom. The van der Waals surface area contributed by atoms with Crippen LogP contribution < -0.4 is 4.74 Å². The molecule has 0 fully saturated rings. The van der Waals surface area contributed by atoms with Gasteiger partial charge in [-0.15, -0.1) is 0 Å². The van der Waals surface area contributed by atoms with Crippen LogP contribution in [0.15, 0.2) is 65.4 Å². The van der Waals surface area contributed by atoms with Crippen LogP contribution in [0.2, 0.25) is 0 Å². The van der Waals surface area contributed by atoms with Gasteiger partial charge in [-0.05, 0) is 84.9 Å². The van der Waals surface area contributed by atoms with Crippen molar-refractivity contribution in [1.82, 2.24) is 4.98 Å². The van der Waals surface area contributed by atoms with E-state index < -0.39 is 0 Å². The van der Waals surface area contributed by atoms with Crippen LogP contribution in [-0.2, 0) is 11.3 Å². The Hall–Kier alpha value is -2.99. The number of aromatic nitrogens is 1. The van der Waals surface area contributed by atoms with Crippen LogP contribution in [0.5, 0.6) is 5.75 Å². The van der Waals surface area contributed by atoms with Crippen molar-refractivity contribution in [3.05, 3.63) is 93.5 Å². The first kappa shape index (κ1) is 22.2. The molecule has 6 heteroatoms. The average Bonchev–Trinajstić information content (AvgIpc) is 3.29. The summed E-state index contributed by atoms with van der Waals surface area (Å²) in [7, 11) is 0. The zero-order chi connectivity index (χ0) is 22.5. The summed E-state index contributed by atoms with van der Waals surface area (Å²) in [5, 5.41) is 0. The van der Waals surface area contributed by atoms with Gasteiger partial charge in [-0.3, -0.25) is 4.98 Å². The second-order valence-corrected chi connectivity index (χ2v) is 8.46. The Balaban J connectivity index is 1.68. The third kappa shape index (κ3) is 5.07. The van der Waals surface area contributed by atoms with Crippen molar-refractivity contribution >= 4 is 33.0 Å². The Morgan fingerprint density at radius 2 is 1.84 bits per heavy atom. The molecule has 0 saturated carbocycles. The van der Waals surface area contributed by atoms with E-state index in [1.165, 1.54) is 23.9 Å². The number of halogens is 2. The lowest BCUT2D eigenvalue weighted by Crippen LogP contribution is -2.05. The van der Waals surface area contributed by atoms with E-state index >= 15 is 0 Å². The first-order valence-electron chi connectivity index (χ1n) is 10.6. The minimum atomic E-state index is -0.368. The van der Waals surface area contributed by atoms with Crippen molar-refractivity contribution in [3.63, 3.8) is 0 Å². The monoisotopic (exact) mass is 495 g/mol. The molecule has 1 aliphatic carbocycles. The first-order chi connectivity index (χ1) is 15.5. The van der Waals surface area contributed by atoms with Crippen LogP contribution in [0.1, 0.15) is 53.2 Å². The Kier molecular flexibility index (Phi) is 7.00. The van der Waals surface area contributed by atoms with Crippen LogP contribution in [0.4, 0.5) is 4.39 Å². The van der Waals surface area contributed by atoms with Crippen LogP contribution in [0.25, 0.3) is 11.1 Å². The number of carbonyl (C=O) groups excluding carboxylic acids is 1. The van der Waals surface area contributed by atoms with E-state index in [9.17, 15) is 9.18 Å². The number of ether oxygens (including phenoxy) is 2. The summed E-state index contributed by atoms with van der Waals surface area (Å²) >= 11 is 3.58. The minimum Gasteiger partial charge on any atom is -0.488 e. The van der Waals surface area contributed by atoms with E-state index in [1.54, 1.807) is 25.3 Å². The van der Waals surface area contributed by atoms with Crippen molar-refractivity contribution in [2.75, 3.05) is 6.61 Å². The van der Waals surface area contributed by atoms with Gasteiger partial charge in [-0.25, -0.2) is 9.18 Å². The van der Waals surface area contributed by atoms with Crippen molar-refractivity contribution in [2.24, 2.45) is 0 Å². The van der Waals surface area contributed by atoms with Gasteiger partial charge in [0, 0.05) is 22.4 Å². The Bertz CT molecular complexity index is 1160. The van der Waals surface area contributed by atoms with E-state index in [0.29, 0.717) is 18.8 Å². The molecule has 32 heavy (non-hydrogen) atoms. The second kappa shape index (κ2) is 10.1. The SMILES string of the molecule is CCOC(=O)c1cncc(C2=C(c3cc(Br)ccc3OCc3ccc(F)cc3)CCC2)c1. The molecule has 1 heterocycles. The third-order valence-corrected chi connectivity index (χ3v) is 5.88. The molecular formula is C26H23BrFNO3. The molecule has 0 radical (unpaired) electrons. The highest BCUT2D eigenvalue weighted by atomic mass is 79.9. The molecule has 0 spiro atoms. The largest absolute Gasteiger partial charge is 0.488 e. The molecule has 4 rings (SSSR count). The zero-order valence-corrected chi connectivity index (χ0v) is 19.3. The standard InChI is InChI=1S/C26H23BrFNO3/c1-2-31-26(30)19-12-18(14-29-15-19)22-4-3-5-23(22)24-13-20(27)8-11-25(24)32-16-17-6-9-21(28)10-7-17/h6-15H,2-5,16H2,1H3. The molecule has 0 aliphatic heterocycles. The molecule has 4 nitrogen and oxygen atoms in total. The van der Waals surface area contributed by atoms with Gasteiger partial charge in [-0.1, -0.05) is 28.1 Å². The molecule has 0 atom stereocenters. The highest BCUT2D eigenvalue weighted by Crippen LogP contribution is 2.43. The van der Waals surface area contributed by atoms with Gasteiger partial charge in [-0.2, -0.15) is 0 Å². The van der Waals surface area contributed by atoms with E-state index in [1.807, 2.05) is 18.2 Å².